The van der Waals surface area contributed by atoms with E-state index in [4.69, 9.17) is 11.6 Å². The summed E-state index contributed by atoms with van der Waals surface area (Å²) in [4.78, 5) is 4.36. The maximum Gasteiger partial charge on any atom is 0.0719 e. The molecule has 3 aromatic rings. The van der Waals surface area contributed by atoms with Gasteiger partial charge in [0.25, 0.3) is 0 Å². The molecule has 0 aliphatic carbocycles. The Hall–Kier alpha value is -1.86. The molecule has 0 atom stereocenters. The van der Waals surface area contributed by atoms with Crippen molar-refractivity contribution in [3.05, 3.63) is 76.9 Å². The van der Waals surface area contributed by atoms with E-state index in [0.29, 0.717) is 0 Å². The minimum atomic E-state index is 0.729. The van der Waals surface area contributed by atoms with Crippen molar-refractivity contribution in [2.45, 2.75) is 6.42 Å². The lowest BCUT2D eigenvalue weighted by Crippen LogP contribution is -1.91. The van der Waals surface area contributed by atoms with E-state index in [2.05, 4.69) is 35.3 Å². The van der Waals surface area contributed by atoms with Gasteiger partial charge in [-0.25, -0.2) is 0 Å². The summed E-state index contributed by atoms with van der Waals surface area (Å²) in [5.74, 6) is 0. The Balaban J connectivity index is 2.07. The van der Waals surface area contributed by atoms with Gasteiger partial charge in [-0.15, -0.1) is 0 Å². The summed E-state index contributed by atoms with van der Waals surface area (Å²) < 4.78 is 0. The van der Waals surface area contributed by atoms with Gasteiger partial charge in [0.05, 0.1) is 5.52 Å². The fraction of sp³-hybridized carbons (Fsp3) is 0.0625. The first-order chi connectivity index (χ1) is 8.83. The molecule has 2 aromatic carbocycles. The molecular weight excluding hydrogens is 242 g/mol. The highest BCUT2D eigenvalue weighted by atomic mass is 35.5. The van der Waals surface area contributed by atoms with Crippen LogP contribution in [0.3, 0.4) is 0 Å². The Kier molecular flexibility index (Phi) is 2.99. The zero-order valence-electron chi connectivity index (χ0n) is 9.81. The van der Waals surface area contributed by atoms with E-state index in [9.17, 15) is 0 Å². The van der Waals surface area contributed by atoms with Crippen LogP contribution in [0.5, 0.6) is 0 Å². The Morgan fingerprint density at radius 1 is 0.944 bits per heavy atom. The number of fused-ring (bicyclic) bond motifs is 1. The molecule has 0 radical (unpaired) electrons. The molecular formula is C16H12ClN. The van der Waals surface area contributed by atoms with E-state index in [0.717, 1.165) is 17.0 Å². The van der Waals surface area contributed by atoms with Gasteiger partial charge in [0.15, 0.2) is 0 Å². The van der Waals surface area contributed by atoms with Crippen molar-refractivity contribution in [2.75, 3.05) is 0 Å². The van der Waals surface area contributed by atoms with Crippen LogP contribution in [-0.4, -0.2) is 4.98 Å². The van der Waals surface area contributed by atoms with Gasteiger partial charge in [0.2, 0.25) is 0 Å². The van der Waals surface area contributed by atoms with Crippen molar-refractivity contribution in [1.82, 2.24) is 4.98 Å². The fourth-order valence-electron chi connectivity index (χ4n) is 2.15. The molecule has 1 heterocycles. The Morgan fingerprint density at radius 2 is 1.78 bits per heavy atom. The molecule has 1 nitrogen and oxygen atoms in total. The minimum Gasteiger partial charge on any atom is -0.256 e. The van der Waals surface area contributed by atoms with Gasteiger partial charge in [0.1, 0.15) is 0 Å². The smallest absolute Gasteiger partial charge is 0.0719 e. The second-order valence-electron chi connectivity index (χ2n) is 4.29. The monoisotopic (exact) mass is 253 g/mol. The number of rotatable bonds is 2. The van der Waals surface area contributed by atoms with Crippen LogP contribution in [-0.2, 0) is 6.42 Å². The van der Waals surface area contributed by atoms with Crippen LogP contribution >= 0.6 is 11.6 Å². The topological polar surface area (TPSA) is 12.9 Å². The number of hydrogen-bond acceptors (Lipinski definition) is 1. The molecule has 0 bridgehead atoms. The Morgan fingerprint density at radius 3 is 2.61 bits per heavy atom. The summed E-state index contributed by atoms with van der Waals surface area (Å²) in [5.41, 5.74) is 3.54. The minimum absolute atomic E-state index is 0.729. The summed E-state index contributed by atoms with van der Waals surface area (Å²) in [5, 5.41) is 1.90. The van der Waals surface area contributed by atoms with Gasteiger partial charge in [-0.3, -0.25) is 4.98 Å². The first-order valence-corrected chi connectivity index (χ1v) is 6.28. The van der Waals surface area contributed by atoms with Gasteiger partial charge in [-0.05, 0) is 35.7 Å². The number of aromatic nitrogens is 1. The molecule has 0 amide bonds. The van der Waals surface area contributed by atoms with Crippen LogP contribution in [0.2, 0.25) is 5.02 Å². The third kappa shape index (κ3) is 2.22. The lowest BCUT2D eigenvalue weighted by molar-refractivity contribution is 1.20. The van der Waals surface area contributed by atoms with Crippen molar-refractivity contribution in [3.63, 3.8) is 0 Å². The predicted octanol–water partition coefficient (Wildman–Crippen LogP) is 4.48. The Labute approximate surface area is 111 Å². The molecule has 0 fully saturated rings. The molecule has 0 aliphatic rings. The molecule has 0 unspecified atom stereocenters. The molecule has 0 saturated carbocycles. The number of pyridine rings is 1. The normalized spacial score (nSPS) is 10.7. The molecule has 1 aromatic heterocycles. The summed E-state index contributed by atoms with van der Waals surface area (Å²) in [7, 11) is 0. The molecule has 0 N–H and O–H groups in total. The maximum atomic E-state index is 5.99. The highest BCUT2D eigenvalue weighted by molar-refractivity contribution is 6.31. The predicted molar refractivity (Wildman–Crippen MR) is 76.0 cm³/mol. The maximum absolute atomic E-state index is 5.99. The number of benzene rings is 2. The molecule has 18 heavy (non-hydrogen) atoms. The summed E-state index contributed by atoms with van der Waals surface area (Å²) >= 11 is 5.99. The summed E-state index contributed by atoms with van der Waals surface area (Å²) in [6.45, 7) is 0. The average molecular weight is 254 g/mol. The zero-order chi connectivity index (χ0) is 12.4. The first-order valence-electron chi connectivity index (χ1n) is 5.90. The Bertz CT molecular complexity index is 677. The van der Waals surface area contributed by atoms with Gasteiger partial charge in [0, 0.05) is 16.6 Å². The van der Waals surface area contributed by atoms with Crippen molar-refractivity contribution in [1.29, 1.82) is 0 Å². The zero-order valence-corrected chi connectivity index (χ0v) is 10.6. The van der Waals surface area contributed by atoms with Crippen LogP contribution in [0.25, 0.3) is 10.9 Å². The fourth-order valence-corrected chi connectivity index (χ4v) is 2.32. The molecule has 0 aliphatic heterocycles. The number of halogens is 1. The standard InChI is InChI=1S/C16H12ClN/c17-14-6-7-15-13(8-9-18-16(15)11-14)10-12-4-2-1-3-5-12/h1-9,11H,10H2. The van der Waals surface area contributed by atoms with Crippen molar-refractivity contribution in [3.8, 4) is 0 Å². The van der Waals surface area contributed by atoms with Crippen LogP contribution in [0.4, 0.5) is 0 Å². The van der Waals surface area contributed by atoms with Gasteiger partial charge < -0.3 is 0 Å². The van der Waals surface area contributed by atoms with E-state index >= 15 is 0 Å². The molecule has 2 heteroatoms. The number of hydrogen-bond donors (Lipinski definition) is 0. The van der Waals surface area contributed by atoms with E-state index < -0.39 is 0 Å². The molecule has 3 rings (SSSR count). The molecule has 88 valence electrons. The third-order valence-electron chi connectivity index (χ3n) is 3.03. The van der Waals surface area contributed by atoms with Crippen molar-refractivity contribution >= 4 is 22.5 Å². The van der Waals surface area contributed by atoms with Gasteiger partial charge >= 0.3 is 0 Å². The van der Waals surface area contributed by atoms with Gasteiger partial charge in [-0.1, -0.05) is 48.0 Å². The average Bonchev–Trinajstić information content (AvgIpc) is 2.40. The molecule has 0 saturated heterocycles. The van der Waals surface area contributed by atoms with Gasteiger partial charge in [-0.2, -0.15) is 0 Å². The molecule has 0 spiro atoms. The quantitative estimate of drug-likeness (QED) is 0.656. The van der Waals surface area contributed by atoms with Crippen molar-refractivity contribution in [2.24, 2.45) is 0 Å². The van der Waals surface area contributed by atoms with Crippen molar-refractivity contribution < 1.29 is 0 Å². The largest absolute Gasteiger partial charge is 0.256 e. The lowest BCUT2D eigenvalue weighted by atomic mass is 10.0. The third-order valence-corrected chi connectivity index (χ3v) is 3.27. The summed E-state index contributed by atoms with van der Waals surface area (Å²) in [6, 6.07) is 18.4. The van der Waals surface area contributed by atoms with E-state index in [1.54, 1.807) is 0 Å². The second kappa shape index (κ2) is 4.79. The van der Waals surface area contributed by atoms with E-state index in [1.165, 1.54) is 16.5 Å². The SMILES string of the molecule is Clc1ccc2c(Cc3ccccc3)ccnc2c1. The second-order valence-corrected chi connectivity index (χ2v) is 4.73. The summed E-state index contributed by atoms with van der Waals surface area (Å²) in [6.07, 6.45) is 2.76. The van der Waals surface area contributed by atoms with Crippen LogP contribution in [0, 0.1) is 0 Å². The lowest BCUT2D eigenvalue weighted by Gasteiger charge is -2.06. The van der Waals surface area contributed by atoms with Crippen LogP contribution < -0.4 is 0 Å². The highest BCUT2D eigenvalue weighted by Crippen LogP contribution is 2.22. The van der Waals surface area contributed by atoms with E-state index in [1.807, 2.05) is 30.5 Å². The first kappa shape index (κ1) is 11.2. The number of nitrogens with zero attached hydrogens (tertiary/aromatic N) is 1. The van der Waals surface area contributed by atoms with Crippen LogP contribution in [0.1, 0.15) is 11.1 Å². The van der Waals surface area contributed by atoms with E-state index in [-0.39, 0.29) is 0 Å². The highest BCUT2D eigenvalue weighted by Gasteiger charge is 2.03. The van der Waals surface area contributed by atoms with Crippen LogP contribution in [0.15, 0.2) is 60.8 Å².